The third-order valence-electron chi connectivity index (χ3n) is 3.84. The van der Waals surface area contributed by atoms with Crippen molar-refractivity contribution >= 4 is 15.9 Å². The maximum absolute atomic E-state index is 12.6. The lowest BCUT2D eigenvalue weighted by Crippen LogP contribution is -2.39. The summed E-state index contributed by atoms with van der Waals surface area (Å²) < 4.78 is 63.0. The van der Waals surface area contributed by atoms with Crippen LogP contribution in [0, 0.1) is 0 Å². The zero-order valence-electron chi connectivity index (χ0n) is 13.6. The van der Waals surface area contributed by atoms with Gasteiger partial charge in [0.25, 0.3) is 5.91 Å². The number of carbonyl (C=O) groups is 1. The molecular formula is C15H20F3N3O3S. The van der Waals surface area contributed by atoms with E-state index in [0.717, 1.165) is 19.0 Å². The molecule has 1 heterocycles. The van der Waals surface area contributed by atoms with Gasteiger partial charge in [-0.3, -0.25) is 4.79 Å². The molecule has 0 unspecified atom stereocenters. The van der Waals surface area contributed by atoms with Gasteiger partial charge in [-0.25, -0.2) is 8.42 Å². The van der Waals surface area contributed by atoms with E-state index in [-0.39, 0.29) is 23.0 Å². The van der Waals surface area contributed by atoms with Gasteiger partial charge in [0.15, 0.2) is 0 Å². The standard InChI is InChI=1S/C15H20F3N3O3S/c1-2-21(10-15(16,17)18)25(23,24)13-5-3-4-11(8-13)14(22)20-12-6-7-19-9-12/h3-5,8,12,19H,2,6-7,9-10H2,1H3,(H,20,22)/t12-/m1/s1. The Hall–Kier alpha value is -1.65. The van der Waals surface area contributed by atoms with Crippen LogP contribution in [0.3, 0.4) is 0 Å². The summed E-state index contributed by atoms with van der Waals surface area (Å²) in [5.74, 6) is -0.454. The van der Waals surface area contributed by atoms with E-state index in [9.17, 15) is 26.4 Å². The molecule has 1 aromatic rings. The maximum atomic E-state index is 12.6. The molecule has 0 aromatic heterocycles. The first-order valence-electron chi connectivity index (χ1n) is 7.82. The molecule has 6 nitrogen and oxygen atoms in total. The number of nitrogens with zero attached hydrogens (tertiary/aromatic N) is 1. The van der Waals surface area contributed by atoms with Gasteiger partial charge in [-0.05, 0) is 31.2 Å². The Bertz CT molecular complexity index is 716. The van der Waals surface area contributed by atoms with E-state index >= 15 is 0 Å². The molecule has 1 aromatic carbocycles. The highest BCUT2D eigenvalue weighted by Gasteiger charge is 2.36. The van der Waals surface area contributed by atoms with Gasteiger partial charge in [-0.15, -0.1) is 0 Å². The summed E-state index contributed by atoms with van der Waals surface area (Å²) in [6.07, 6.45) is -3.88. The lowest BCUT2D eigenvalue weighted by molar-refractivity contribution is -0.135. The Morgan fingerprint density at radius 1 is 1.40 bits per heavy atom. The van der Waals surface area contributed by atoms with Crippen LogP contribution >= 0.6 is 0 Å². The summed E-state index contributed by atoms with van der Waals surface area (Å²) in [5.41, 5.74) is 0.0936. The predicted molar refractivity (Wildman–Crippen MR) is 85.7 cm³/mol. The quantitative estimate of drug-likeness (QED) is 0.782. The van der Waals surface area contributed by atoms with Gasteiger partial charge in [0, 0.05) is 24.7 Å². The number of hydrogen-bond acceptors (Lipinski definition) is 4. The fourth-order valence-electron chi connectivity index (χ4n) is 2.56. The molecule has 1 fully saturated rings. The van der Waals surface area contributed by atoms with Gasteiger partial charge in [0.2, 0.25) is 10.0 Å². The Balaban J connectivity index is 2.22. The van der Waals surface area contributed by atoms with Gasteiger partial charge in [0.1, 0.15) is 6.54 Å². The molecule has 1 saturated heterocycles. The number of sulfonamides is 1. The number of rotatable bonds is 6. The fraction of sp³-hybridized carbons (Fsp3) is 0.533. The molecule has 1 aliphatic heterocycles. The normalized spacial score (nSPS) is 18.5. The van der Waals surface area contributed by atoms with Crippen LogP contribution in [0.4, 0.5) is 13.2 Å². The average Bonchev–Trinajstić information content (AvgIpc) is 3.04. The van der Waals surface area contributed by atoms with Gasteiger partial charge >= 0.3 is 6.18 Å². The van der Waals surface area contributed by atoms with Crippen LogP contribution in [0.2, 0.25) is 0 Å². The molecular weight excluding hydrogens is 359 g/mol. The smallest absolute Gasteiger partial charge is 0.348 e. The number of hydrogen-bond donors (Lipinski definition) is 2. The lowest BCUT2D eigenvalue weighted by Gasteiger charge is -2.22. The molecule has 10 heteroatoms. The Kier molecular flexibility index (Phi) is 6.07. The highest BCUT2D eigenvalue weighted by molar-refractivity contribution is 7.89. The van der Waals surface area contributed by atoms with Crippen LogP contribution in [0.25, 0.3) is 0 Å². The molecule has 0 saturated carbocycles. The van der Waals surface area contributed by atoms with Crippen molar-refractivity contribution in [2.24, 2.45) is 0 Å². The minimum absolute atomic E-state index is 0.0508. The van der Waals surface area contributed by atoms with Crippen molar-refractivity contribution in [3.63, 3.8) is 0 Å². The van der Waals surface area contributed by atoms with E-state index in [1.165, 1.54) is 25.1 Å². The van der Waals surface area contributed by atoms with Gasteiger partial charge in [-0.1, -0.05) is 13.0 Å². The van der Waals surface area contributed by atoms with E-state index in [2.05, 4.69) is 10.6 Å². The van der Waals surface area contributed by atoms with Crippen molar-refractivity contribution in [3.05, 3.63) is 29.8 Å². The number of benzene rings is 1. The molecule has 0 aliphatic carbocycles. The van der Waals surface area contributed by atoms with Gasteiger partial charge in [0.05, 0.1) is 4.90 Å². The van der Waals surface area contributed by atoms with Crippen molar-refractivity contribution in [2.75, 3.05) is 26.2 Å². The average molecular weight is 379 g/mol. The highest BCUT2D eigenvalue weighted by atomic mass is 32.2. The van der Waals surface area contributed by atoms with Gasteiger partial charge < -0.3 is 10.6 Å². The Labute approximate surface area is 144 Å². The van der Waals surface area contributed by atoms with E-state index < -0.39 is 28.7 Å². The van der Waals surface area contributed by atoms with E-state index in [1.807, 2.05) is 0 Å². The second kappa shape index (κ2) is 7.71. The number of amides is 1. The van der Waals surface area contributed by atoms with Gasteiger partial charge in [-0.2, -0.15) is 17.5 Å². The predicted octanol–water partition coefficient (Wildman–Crippen LogP) is 1.35. The van der Waals surface area contributed by atoms with Crippen LogP contribution in [0.15, 0.2) is 29.2 Å². The van der Waals surface area contributed by atoms with Crippen LogP contribution < -0.4 is 10.6 Å². The monoisotopic (exact) mass is 379 g/mol. The number of halogens is 3. The third-order valence-corrected chi connectivity index (χ3v) is 5.75. The highest BCUT2D eigenvalue weighted by Crippen LogP contribution is 2.23. The molecule has 1 aliphatic rings. The Morgan fingerprint density at radius 3 is 2.68 bits per heavy atom. The van der Waals surface area contributed by atoms with Crippen molar-refractivity contribution in [1.29, 1.82) is 0 Å². The summed E-state index contributed by atoms with van der Waals surface area (Å²) in [7, 11) is -4.35. The molecule has 140 valence electrons. The molecule has 0 bridgehead atoms. The summed E-state index contributed by atoms with van der Waals surface area (Å²) in [6.45, 7) is 0.830. The lowest BCUT2D eigenvalue weighted by atomic mass is 10.2. The first kappa shape index (κ1) is 19.7. The summed E-state index contributed by atoms with van der Waals surface area (Å²) in [4.78, 5) is 11.9. The second-order valence-corrected chi connectivity index (χ2v) is 7.68. The van der Waals surface area contributed by atoms with Crippen LogP contribution in [0.5, 0.6) is 0 Å². The van der Waals surface area contributed by atoms with Crippen molar-refractivity contribution in [3.8, 4) is 0 Å². The van der Waals surface area contributed by atoms with Crippen molar-refractivity contribution in [1.82, 2.24) is 14.9 Å². The third kappa shape index (κ3) is 5.16. The summed E-state index contributed by atoms with van der Waals surface area (Å²) in [6, 6.07) is 5.01. The number of carbonyl (C=O) groups excluding carboxylic acids is 1. The molecule has 2 rings (SSSR count). The zero-order valence-corrected chi connectivity index (χ0v) is 14.5. The first-order valence-corrected chi connectivity index (χ1v) is 9.26. The summed E-state index contributed by atoms with van der Waals surface area (Å²) >= 11 is 0. The number of alkyl halides is 3. The molecule has 25 heavy (non-hydrogen) atoms. The number of nitrogens with one attached hydrogen (secondary N) is 2. The van der Waals surface area contributed by atoms with Crippen LogP contribution in [-0.2, 0) is 10.0 Å². The Morgan fingerprint density at radius 2 is 2.12 bits per heavy atom. The van der Waals surface area contributed by atoms with Crippen LogP contribution in [-0.4, -0.2) is 57.0 Å². The van der Waals surface area contributed by atoms with Crippen molar-refractivity contribution in [2.45, 2.75) is 30.5 Å². The first-order chi connectivity index (χ1) is 11.6. The minimum atomic E-state index is -4.65. The molecule has 0 spiro atoms. The van der Waals surface area contributed by atoms with Crippen molar-refractivity contribution < 1.29 is 26.4 Å². The second-order valence-electron chi connectivity index (χ2n) is 5.74. The van der Waals surface area contributed by atoms with E-state index in [0.29, 0.717) is 10.8 Å². The fourth-order valence-corrected chi connectivity index (χ4v) is 4.04. The zero-order chi connectivity index (χ0) is 18.7. The van der Waals surface area contributed by atoms with Crippen LogP contribution in [0.1, 0.15) is 23.7 Å². The summed E-state index contributed by atoms with van der Waals surface area (Å²) in [5, 5.41) is 5.85. The SMILES string of the molecule is CCN(CC(F)(F)F)S(=O)(=O)c1cccc(C(=O)N[C@@H]2CCNC2)c1. The topological polar surface area (TPSA) is 78.5 Å². The minimum Gasteiger partial charge on any atom is -0.348 e. The largest absolute Gasteiger partial charge is 0.402 e. The molecule has 2 N–H and O–H groups in total. The molecule has 1 amide bonds. The maximum Gasteiger partial charge on any atom is 0.402 e. The van der Waals surface area contributed by atoms with E-state index in [4.69, 9.17) is 0 Å². The molecule has 0 radical (unpaired) electrons. The van der Waals surface area contributed by atoms with E-state index in [1.54, 1.807) is 0 Å². The molecule has 1 atom stereocenters.